The second-order valence-electron chi connectivity index (χ2n) is 12.1. The van der Waals surface area contributed by atoms with Gasteiger partial charge in [0.2, 0.25) is 0 Å². The van der Waals surface area contributed by atoms with Crippen LogP contribution in [0.5, 0.6) is 0 Å². The van der Waals surface area contributed by atoms with Crippen LogP contribution < -0.4 is 9.80 Å². The Labute approximate surface area is 294 Å². The zero-order valence-corrected chi connectivity index (χ0v) is 29.8. The average Bonchev–Trinajstić information content (AvgIpc) is 3.73. The first kappa shape index (κ1) is 41.0. The van der Waals surface area contributed by atoms with Crippen LogP contribution >= 0.6 is 0 Å². The van der Waals surface area contributed by atoms with Crippen molar-refractivity contribution in [3.63, 3.8) is 0 Å². The number of carboxylic acid groups (broad SMARTS) is 1. The number of allylic oxidation sites excluding steroid dienone is 1. The Morgan fingerprint density at radius 1 is 1.08 bits per heavy atom. The quantitative estimate of drug-likeness (QED) is 0.114. The lowest BCUT2D eigenvalue weighted by molar-refractivity contribution is -0.137. The van der Waals surface area contributed by atoms with Gasteiger partial charge in [-0.05, 0) is 81.5 Å². The van der Waals surface area contributed by atoms with Gasteiger partial charge in [-0.15, -0.1) is 0 Å². The minimum Gasteiger partial charge on any atom is -0.494 e. The highest BCUT2D eigenvalue weighted by atomic mass is 19.4. The summed E-state index contributed by atoms with van der Waals surface area (Å²) < 4.78 is 76.1. The molecule has 3 atom stereocenters. The van der Waals surface area contributed by atoms with E-state index in [1.54, 1.807) is 4.90 Å². The number of benzene rings is 2. The smallest absolute Gasteiger partial charge is 0.416 e. The van der Waals surface area contributed by atoms with Crippen LogP contribution in [0.25, 0.3) is 22.1 Å². The van der Waals surface area contributed by atoms with E-state index in [9.17, 15) is 27.1 Å². The summed E-state index contributed by atoms with van der Waals surface area (Å²) in [5, 5.41) is 18.3. The number of carbonyl (C=O) groups is 1. The molecule has 280 valence electrons. The minimum absolute atomic E-state index is 0.0167. The first-order chi connectivity index (χ1) is 24.3. The van der Waals surface area contributed by atoms with E-state index in [2.05, 4.69) is 16.9 Å². The summed E-state index contributed by atoms with van der Waals surface area (Å²) in [7, 11) is 0. The topological polar surface area (TPSA) is 112 Å². The Morgan fingerprint density at radius 3 is 2.27 bits per heavy atom. The van der Waals surface area contributed by atoms with Gasteiger partial charge in [0.05, 0.1) is 12.2 Å². The molecule has 4 aromatic rings. The Morgan fingerprint density at radius 2 is 1.73 bits per heavy atom. The van der Waals surface area contributed by atoms with Crippen LogP contribution in [0.2, 0.25) is 0 Å². The summed E-state index contributed by atoms with van der Waals surface area (Å²) >= 11 is 0. The average molecular weight is 723 g/mol. The summed E-state index contributed by atoms with van der Waals surface area (Å²) in [6, 6.07) is 12.5. The van der Waals surface area contributed by atoms with Gasteiger partial charge in [-0.25, -0.2) is 18.7 Å². The van der Waals surface area contributed by atoms with Crippen LogP contribution in [-0.4, -0.2) is 58.5 Å². The first-order valence-electron chi connectivity index (χ1n) is 17.1. The number of furan rings is 1. The lowest BCUT2D eigenvalue weighted by atomic mass is 9.95. The van der Waals surface area contributed by atoms with E-state index in [1.807, 2.05) is 63.8 Å². The Balaban J connectivity index is 0.000000245. The molecule has 0 aliphatic carbocycles. The summed E-state index contributed by atoms with van der Waals surface area (Å²) in [5.41, 5.74) is 2.28. The van der Waals surface area contributed by atoms with Crippen LogP contribution in [-0.2, 0) is 15.7 Å². The number of halogens is 5. The normalized spacial score (nSPS) is 19.3. The zero-order chi connectivity index (χ0) is 37.9. The Kier molecular flexibility index (Phi) is 15.0. The van der Waals surface area contributed by atoms with Crippen molar-refractivity contribution < 1.29 is 46.1 Å². The molecule has 14 heteroatoms. The number of rotatable bonds is 6. The van der Waals surface area contributed by atoms with E-state index in [1.165, 1.54) is 12.1 Å². The van der Waals surface area contributed by atoms with Gasteiger partial charge in [0.15, 0.2) is 23.1 Å². The molecule has 2 saturated heterocycles. The second-order valence-corrected chi connectivity index (χ2v) is 12.1. The number of nitrogens with zero attached hydrogens (tertiary/aromatic N) is 4. The molecule has 2 aromatic carbocycles. The lowest BCUT2D eigenvalue weighted by Gasteiger charge is -2.39. The SMILES string of the molecule is CC.CC/C(C)=C(/O)N(c1ccc(C(F)(F)F)cc1)C1CCOC[C@@H]1C.C[C@@H]1CCCN1c1nc(C(F)F)nc2c1oc1ccccc12.O=CO. The van der Waals surface area contributed by atoms with Gasteiger partial charge in [0, 0.05) is 42.2 Å². The van der Waals surface area contributed by atoms with Gasteiger partial charge in [0.25, 0.3) is 12.9 Å². The standard InChI is InChI=1S/C18H24F3NO2.C16H15F2N3O.C2H6.CH2O2/c1-4-12(2)17(23)22(16-9-10-24-11-13(16)3)15-7-5-14(6-8-15)18(19,20)21;1-9-5-4-8-21(9)16-13-12(19-15(20-16)14(17)18)10-6-2-3-7-11(10)22-13;1-2;2-1-3/h5-8,13,16,23H,4,9-11H2,1-3H3;2-3,6-7,9,14H,4-5,8H2,1H3;1-2H3;1H,(H,2,3)/b17-12+;;;/t13-,16?;9-;;/m01../s1. The van der Waals surface area contributed by atoms with E-state index >= 15 is 0 Å². The van der Waals surface area contributed by atoms with E-state index in [0.29, 0.717) is 54.2 Å². The number of aromatic nitrogens is 2. The third-order valence-electron chi connectivity index (χ3n) is 8.78. The summed E-state index contributed by atoms with van der Waals surface area (Å²) in [4.78, 5) is 20.3. The van der Waals surface area contributed by atoms with Gasteiger partial charge in [-0.1, -0.05) is 39.8 Å². The number of alkyl halides is 5. The number of para-hydroxylation sites is 1. The third kappa shape index (κ3) is 9.87. The van der Waals surface area contributed by atoms with Gasteiger partial charge < -0.3 is 29.2 Å². The highest BCUT2D eigenvalue weighted by Crippen LogP contribution is 2.37. The molecular weight excluding hydrogens is 675 g/mol. The molecule has 2 fully saturated rings. The molecule has 0 spiro atoms. The summed E-state index contributed by atoms with van der Waals surface area (Å²) in [6.45, 7) is 13.6. The molecular formula is C37H47F5N4O5. The monoisotopic (exact) mass is 722 g/mol. The molecule has 0 saturated carbocycles. The van der Waals surface area contributed by atoms with Crippen molar-refractivity contribution in [3.05, 3.63) is 71.4 Å². The van der Waals surface area contributed by atoms with Crippen molar-refractivity contribution >= 4 is 40.0 Å². The van der Waals surface area contributed by atoms with Gasteiger partial charge >= 0.3 is 6.18 Å². The van der Waals surface area contributed by atoms with Crippen molar-refractivity contribution in [2.24, 2.45) is 5.92 Å². The maximum Gasteiger partial charge on any atom is 0.416 e. The highest BCUT2D eigenvalue weighted by Gasteiger charge is 2.34. The number of fused-ring (bicyclic) bond motifs is 3. The number of ether oxygens (including phenoxy) is 1. The van der Waals surface area contributed by atoms with Crippen LogP contribution in [0.1, 0.15) is 85.0 Å². The summed E-state index contributed by atoms with van der Waals surface area (Å²) in [5.74, 6) is 0.332. The number of aliphatic hydroxyl groups is 1. The van der Waals surface area contributed by atoms with Crippen molar-refractivity contribution in [2.75, 3.05) is 29.6 Å². The van der Waals surface area contributed by atoms with E-state index in [4.69, 9.17) is 19.1 Å². The van der Waals surface area contributed by atoms with Gasteiger partial charge in [-0.3, -0.25) is 4.79 Å². The molecule has 2 aliphatic rings. The third-order valence-corrected chi connectivity index (χ3v) is 8.78. The van der Waals surface area contributed by atoms with E-state index in [0.717, 1.165) is 42.5 Å². The number of aliphatic hydroxyl groups excluding tert-OH is 1. The van der Waals surface area contributed by atoms with E-state index < -0.39 is 24.0 Å². The predicted octanol–water partition coefficient (Wildman–Crippen LogP) is 10.2. The van der Waals surface area contributed by atoms with Crippen molar-refractivity contribution in [1.29, 1.82) is 0 Å². The largest absolute Gasteiger partial charge is 0.494 e. The fourth-order valence-electron chi connectivity index (χ4n) is 6.03. The van der Waals surface area contributed by atoms with Crippen LogP contribution in [0, 0.1) is 5.92 Å². The van der Waals surface area contributed by atoms with Crippen molar-refractivity contribution in [1.82, 2.24) is 9.97 Å². The predicted molar refractivity (Wildman–Crippen MR) is 188 cm³/mol. The van der Waals surface area contributed by atoms with Crippen LogP contribution in [0.3, 0.4) is 0 Å². The highest BCUT2D eigenvalue weighted by molar-refractivity contribution is 6.05. The van der Waals surface area contributed by atoms with E-state index in [-0.39, 0.29) is 30.4 Å². The minimum atomic E-state index is -4.37. The number of hydrogen-bond acceptors (Lipinski definition) is 8. The molecule has 0 amide bonds. The maximum atomic E-state index is 13.2. The molecule has 2 aromatic heterocycles. The van der Waals surface area contributed by atoms with Gasteiger partial charge in [-0.2, -0.15) is 13.2 Å². The number of hydrogen-bond donors (Lipinski definition) is 2. The van der Waals surface area contributed by atoms with Crippen LogP contribution in [0.4, 0.5) is 33.5 Å². The number of anilines is 2. The fraction of sp³-hybridized carbons (Fsp3) is 0.486. The zero-order valence-electron chi connectivity index (χ0n) is 29.8. The molecule has 2 N–H and O–H groups in total. The molecule has 2 aliphatic heterocycles. The molecule has 9 nitrogen and oxygen atoms in total. The lowest BCUT2D eigenvalue weighted by Crippen LogP contribution is -2.45. The molecule has 51 heavy (non-hydrogen) atoms. The first-order valence-corrected chi connectivity index (χ1v) is 17.1. The van der Waals surface area contributed by atoms with Crippen molar-refractivity contribution in [3.8, 4) is 0 Å². The Bertz CT molecular complexity index is 1730. The molecule has 0 radical (unpaired) electrons. The fourth-order valence-corrected chi connectivity index (χ4v) is 6.03. The molecule has 1 unspecified atom stereocenters. The molecule has 6 rings (SSSR count). The molecule has 4 heterocycles. The maximum absolute atomic E-state index is 13.2. The Hall–Kier alpha value is -4.46. The van der Waals surface area contributed by atoms with Crippen molar-refractivity contribution in [2.45, 2.75) is 91.9 Å². The second kappa shape index (κ2) is 18.7. The molecule has 0 bridgehead atoms. The van der Waals surface area contributed by atoms with Gasteiger partial charge in [0.1, 0.15) is 11.1 Å². The van der Waals surface area contributed by atoms with Crippen LogP contribution in [0.15, 0.2) is 64.4 Å². The summed E-state index contributed by atoms with van der Waals surface area (Å²) in [6.07, 6.45) is -3.64.